The second-order valence-electron chi connectivity index (χ2n) is 8.44. The summed E-state index contributed by atoms with van der Waals surface area (Å²) in [5.74, 6) is -4.83. The molecule has 2 unspecified atom stereocenters. The van der Waals surface area contributed by atoms with E-state index >= 15 is 0 Å². The summed E-state index contributed by atoms with van der Waals surface area (Å²) < 4.78 is 5.38. The second-order valence-corrected chi connectivity index (χ2v) is 8.44. The number of piperazine rings is 1. The van der Waals surface area contributed by atoms with Crippen molar-refractivity contribution in [3.63, 3.8) is 0 Å². The Bertz CT molecular complexity index is 1020. The number of carboxylic acid groups (broad SMARTS) is 1. The van der Waals surface area contributed by atoms with Gasteiger partial charge >= 0.3 is 30.9 Å². The van der Waals surface area contributed by atoms with Gasteiger partial charge in [-0.3, -0.25) is 19.3 Å². The van der Waals surface area contributed by atoms with Crippen LogP contribution in [0.4, 0.5) is 4.79 Å². The Hall–Kier alpha value is -3.61. The third-order valence-corrected chi connectivity index (χ3v) is 5.84. The van der Waals surface area contributed by atoms with Crippen LogP contribution in [0.3, 0.4) is 0 Å². The smallest absolute Gasteiger partial charge is 0.534 e. The topological polar surface area (TPSA) is 166 Å². The Labute approximate surface area is 196 Å². The van der Waals surface area contributed by atoms with Gasteiger partial charge in [0.05, 0.1) is 11.5 Å². The molecule has 5 amide bonds. The van der Waals surface area contributed by atoms with Gasteiger partial charge in [-0.05, 0) is 30.9 Å². The van der Waals surface area contributed by atoms with Crippen LogP contribution in [0.15, 0.2) is 18.2 Å². The van der Waals surface area contributed by atoms with E-state index in [1.165, 1.54) is 17.0 Å². The fraction of sp³-hybridized carbons (Fsp3) is 0.476. The predicted octanol–water partition coefficient (Wildman–Crippen LogP) is -0.751. The zero-order valence-electron chi connectivity index (χ0n) is 19.1. The van der Waals surface area contributed by atoms with Crippen molar-refractivity contribution in [1.29, 1.82) is 0 Å². The van der Waals surface area contributed by atoms with Crippen molar-refractivity contribution >= 4 is 36.8 Å². The van der Waals surface area contributed by atoms with Crippen molar-refractivity contribution in [1.82, 2.24) is 20.4 Å². The van der Waals surface area contributed by atoms with Crippen molar-refractivity contribution in [3.05, 3.63) is 29.3 Å². The van der Waals surface area contributed by atoms with E-state index in [1.807, 2.05) is 0 Å². The fourth-order valence-electron chi connectivity index (χ4n) is 3.90. The van der Waals surface area contributed by atoms with Gasteiger partial charge in [0.25, 0.3) is 0 Å². The molecule has 2 aliphatic heterocycles. The molecule has 0 bridgehead atoms. The van der Waals surface area contributed by atoms with E-state index < -0.39 is 48.8 Å². The SMILES string of the molecule is CCN1CCN(C(=O)NC(C(=O)NC2Cc3cccc(C(=O)O)c3OB2O)C(C)C)C(=O)C1=O. The number of carbonyl (C=O) groups excluding carboxylic acids is 4. The minimum absolute atomic E-state index is 0.00849. The van der Waals surface area contributed by atoms with E-state index in [9.17, 15) is 34.1 Å². The number of hydrogen-bond acceptors (Lipinski definition) is 7. The van der Waals surface area contributed by atoms with E-state index in [0.717, 1.165) is 4.90 Å². The molecule has 0 aromatic heterocycles. The molecule has 0 spiro atoms. The summed E-state index contributed by atoms with van der Waals surface area (Å²) in [6.45, 7) is 5.67. The van der Waals surface area contributed by atoms with Gasteiger partial charge < -0.3 is 30.3 Å². The average Bonchev–Trinajstić information content (AvgIpc) is 2.78. The molecule has 1 fully saturated rings. The van der Waals surface area contributed by atoms with Crippen molar-refractivity contribution in [2.75, 3.05) is 19.6 Å². The lowest BCUT2D eigenvalue weighted by molar-refractivity contribution is -0.153. The second kappa shape index (κ2) is 10.1. The Balaban J connectivity index is 1.69. The number of aromatic carboxylic acids is 1. The Morgan fingerprint density at radius 2 is 1.91 bits per heavy atom. The highest BCUT2D eigenvalue weighted by Crippen LogP contribution is 2.30. The standard InChI is InChI=1S/C21H27BN4O8/c1-4-25-8-9-26(19(29)18(25)28)21(32)24-15(11(2)3)17(27)23-14-10-12-6-5-7-13(20(30)31)16(12)34-22(14)33/h5-7,11,14-15,33H,4,8-10H2,1-3H3,(H,23,27)(H,24,32)(H,30,31). The van der Waals surface area contributed by atoms with Gasteiger partial charge in [0.2, 0.25) is 5.91 Å². The summed E-state index contributed by atoms with van der Waals surface area (Å²) >= 11 is 0. The average molecular weight is 474 g/mol. The molecule has 182 valence electrons. The number of imide groups is 1. The number of nitrogens with zero attached hydrogens (tertiary/aromatic N) is 2. The third kappa shape index (κ3) is 4.98. The van der Waals surface area contributed by atoms with Gasteiger partial charge in [0.15, 0.2) is 0 Å². The quantitative estimate of drug-likeness (QED) is 0.309. The van der Waals surface area contributed by atoms with Crippen LogP contribution in [0.5, 0.6) is 5.75 Å². The number of rotatable bonds is 6. The monoisotopic (exact) mass is 474 g/mol. The van der Waals surface area contributed by atoms with Crippen LogP contribution in [-0.2, 0) is 20.8 Å². The van der Waals surface area contributed by atoms with E-state index in [2.05, 4.69) is 10.6 Å². The molecule has 0 aliphatic carbocycles. The molecule has 2 heterocycles. The van der Waals surface area contributed by atoms with Gasteiger partial charge in [-0.2, -0.15) is 0 Å². The van der Waals surface area contributed by atoms with Crippen molar-refractivity contribution in [2.45, 2.75) is 39.2 Å². The molecule has 12 nitrogen and oxygen atoms in total. The van der Waals surface area contributed by atoms with Gasteiger partial charge in [0, 0.05) is 19.6 Å². The first-order valence-corrected chi connectivity index (χ1v) is 11.0. The Kier molecular flexibility index (Phi) is 7.45. The molecule has 1 aromatic carbocycles. The number of likely N-dealkylation sites (N-methyl/N-ethyl adjacent to an activating group) is 1. The molecule has 1 aromatic rings. The number of para-hydroxylation sites is 1. The zero-order valence-corrected chi connectivity index (χ0v) is 19.1. The maximum absolute atomic E-state index is 13.0. The maximum Gasteiger partial charge on any atom is 0.547 e. The largest absolute Gasteiger partial charge is 0.547 e. The van der Waals surface area contributed by atoms with Crippen LogP contribution in [0.1, 0.15) is 36.7 Å². The summed E-state index contributed by atoms with van der Waals surface area (Å²) in [6, 6.07) is 2.59. The maximum atomic E-state index is 13.0. The van der Waals surface area contributed by atoms with E-state index in [0.29, 0.717) is 12.1 Å². The van der Waals surface area contributed by atoms with Gasteiger partial charge in [0.1, 0.15) is 11.8 Å². The summed E-state index contributed by atoms with van der Waals surface area (Å²) in [5.41, 5.74) is 0.398. The van der Waals surface area contributed by atoms with E-state index in [4.69, 9.17) is 4.65 Å². The lowest BCUT2D eigenvalue weighted by Gasteiger charge is -2.34. The van der Waals surface area contributed by atoms with E-state index in [1.54, 1.807) is 26.8 Å². The summed E-state index contributed by atoms with van der Waals surface area (Å²) in [4.78, 5) is 63.6. The molecule has 4 N–H and O–H groups in total. The minimum Gasteiger partial charge on any atom is -0.534 e. The molecule has 34 heavy (non-hydrogen) atoms. The number of hydrogen-bond donors (Lipinski definition) is 4. The van der Waals surface area contributed by atoms with Crippen LogP contribution in [0.25, 0.3) is 0 Å². The highest BCUT2D eigenvalue weighted by atomic mass is 16.5. The molecular weight excluding hydrogens is 447 g/mol. The molecule has 0 saturated carbocycles. The van der Waals surface area contributed by atoms with Crippen LogP contribution < -0.4 is 15.3 Å². The first kappa shape index (κ1) is 25.0. The predicted molar refractivity (Wildman–Crippen MR) is 119 cm³/mol. The molecule has 13 heteroatoms. The van der Waals surface area contributed by atoms with Gasteiger partial charge in [-0.15, -0.1) is 0 Å². The lowest BCUT2D eigenvalue weighted by atomic mass is 9.72. The van der Waals surface area contributed by atoms with Crippen LogP contribution in [0, 0.1) is 5.92 Å². The normalized spacial score (nSPS) is 18.9. The number of benzene rings is 1. The first-order valence-electron chi connectivity index (χ1n) is 11.0. The number of amides is 5. The number of carbonyl (C=O) groups is 5. The molecule has 3 rings (SSSR count). The minimum atomic E-state index is -1.51. The van der Waals surface area contributed by atoms with Crippen molar-refractivity contribution < 1.29 is 38.8 Å². The highest BCUT2D eigenvalue weighted by Gasteiger charge is 2.41. The Morgan fingerprint density at radius 3 is 2.53 bits per heavy atom. The fourth-order valence-corrected chi connectivity index (χ4v) is 3.90. The summed E-state index contributed by atoms with van der Waals surface area (Å²) in [7, 11) is -1.51. The molecule has 2 aliphatic rings. The van der Waals surface area contributed by atoms with Crippen LogP contribution in [-0.4, -0.2) is 88.4 Å². The van der Waals surface area contributed by atoms with Crippen molar-refractivity contribution in [2.24, 2.45) is 5.92 Å². The van der Waals surface area contributed by atoms with Gasteiger partial charge in [-0.25, -0.2) is 9.59 Å². The summed E-state index contributed by atoms with van der Waals surface area (Å²) in [6.07, 6.45) is 0.105. The van der Waals surface area contributed by atoms with Crippen LogP contribution >= 0.6 is 0 Å². The first-order chi connectivity index (χ1) is 16.0. The lowest BCUT2D eigenvalue weighted by Crippen LogP contribution is -2.62. The molecule has 0 radical (unpaired) electrons. The third-order valence-electron chi connectivity index (χ3n) is 5.84. The summed E-state index contributed by atoms with van der Waals surface area (Å²) in [5, 5.41) is 24.8. The number of carboxylic acids is 1. The Morgan fingerprint density at radius 1 is 1.21 bits per heavy atom. The number of fused-ring (bicyclic) bond motifs is 1. The molecule has 2 atom stereocenters. The van der Waals surface area contributed by atoms with Gasteiger partial charge in [-0.1, -0.05) is 26.0 Å². The number of nitrogens with one attached hydrogen (secondary N) is 2. The van der Waals surface area contributed by atoms with Crippen molar-refractivity contribution in [3.8, 4) is 5.75 Å². The zero-order chi connectivity index (χ0) is 25.2. The van der Waals surface area contributed by atoms with E-state index in [-0.39, 0.29) is 36.7 Å². The molecule has 1 saturated heterocycles. The highest BCUT2D eigenvalue weighted by molar-refractivity contribution is 6.47. The molecular formula is C21H27BN4O8. The number of urea groups is 1. The van der Waals surface area contributed by atoms with Crippen LogP contribution in [0.2, 0.25) is 0 Å².